The molecule has 0 aromatic heterocycles. The zero-order chi connectivity index (χ0) is 28.4. The van der Waals surface area contributed by atoms with Gasteiger partial charge in [-0.2, -0.15) is 18.4 Å². The summed E-state index contributed by atoms with van der Waals surface area (Å²) in [6, 6.07) is 7.63. The number of nitrogens with one attached hydrogen (secondary N) is 2. The molecule has 2 aliphatic rings. The zero-order valence-electron chi connectivity index (χ0n) is 21.7. The fourth-order valence-electron chi connectivity index (χ4n) is 5.23. The number of nitrogens with zero attached hydrogens (tertiary/aromatic N) is 3. The first-order valence-electron chi connectivity index (χ1n) is 12.4. The molecular formula is C26H32F3N5O4. The van der Waals surface area contributed by atoms with Crippen LogP contribution in [0.1, 0.15) is 51.6 Å². The average Bonchev–Trinajstić information content (AvgIpc) is 3.40. The Hall–Kier alpha value is -3.62. The lowest BCUT2D eigenvalue weighted by molar-refractivity contribution is -0.175. The van der Waals surface area contributed by atoms with Crippen LogP contribution in [0.4, 0.5) is 13.2 Å². The highest BCUT2D eigenvalue weighted by Gasteiger charge is 2.56. The molecular weight excluding hydrogens is 503 g/mol. The highest BCUT2D eigenvalue weighted by atomic mass is 19.4. The first-order valence-corrected chi connectivity index (χ1v) is 12.4. The second kappa shape index (κ2) is 11.0. The molecule has 1 spiro atoms. The van der Waals surface area contributed by atoms with Gasteiger partial charge in [-0.05, 0) is 37.7 Å². The Morgan fingerprint density at radius 3 is 2.39 bits per heavy atom. The molecule has 0 radical (unpaired) electrons. The van der Waals surface area contributed by atoms with Crippen molar-refractivity contribution in [3.63, 3.8) is 0 Å². The van der Waals surface area contributed by atoms with Gasteiger partial charge in [-0.25, -0.2) is 0 Å². The van der Waals surface area contributed by atoms with Gasteiger partial charge in [0.05, 0.1) is 17.5 Å². The van der Waals surface area contributed by atoms with Crippen LogP contribution in [0.5, 0.6) is 0 Å². The van der Waals surface area contributed by atoms with Crippen molar-refractivity contribution in [3.05, 3.63) is 35.9 Å². The van der Waals surface area contributed by atoms with E-state index in [9.17, 15) is 37.6 Å². The number of likely N-dealkylation sites (N-methyl/N-ethyl adjacent to an activating group) is 1. The maximum Gasteiger partial charge on any atom is 0.471 e. The minimum absolute atomic E-state index is 0.0176. The summed E-state index contributed by atoms with van der Waals surface area (Å²) in [6.07, 6.45) is -4.47. The average molecular weight is 536 g/mol. The van der Waals surface area contributed by atoms with E-state index in [0.717, 1.165) is 17.4 Å². The predicted molar refractivity (Wildman–Crippen MR) is 130 cm³/mol. The molecule has 38 heavy (non-hydrogen) atoms. The molecule has 2 N–H and O–H groups in total. The van der Waals surface area contributed by atoms with Crippen LogP contribution in [0, 0.1) is 22.7 Å². The Morgan fingerprint density at radius 2 is 1.84 bits per heavy atom. The van der Waals surface area contributed by atoms with E-state index in [2.05, 4.69) is 11.4 Å². The highest BCUT2D eigenvalue weighted by Crippen LogP contribution is 2.46. The maximum atomic E-state index is 13.8. The zero-order valence-corrected chi connectivity index (χ0v) is 21.7. The molecule has 206 valence electrons. The molecule has 5 atom stereocenters. The minimum Gasteiger partial charge on any atom is -0.349 e. The summed E-state index contributed by atoms with van der Waals surface area (Å²) < 4.78 is 38.0. The van der Waals surface area contributed by atoms with Gasteiger partial charge in [-0.3, -0.25) is 19.2 Å². The van der Waals surface area contributed by atoms with Crippen LogP contribution in [0.2, 0.25) is 0 Å². The minimum atomic E-state index is -5.16. The van der Waals surface area contributed by atoms with Gasteiger partial charge in [-0.1, -0.05) is 44.2 Å². The Balaban J connectivity index is 1.82. The third kappa shape index (κ3) is 5.92. The third-order valence-electron chi connectivity index (χ3n) is 7.22. The van der Waals surface area contributed by atoms with E-state index in [0.29, 0.717) is 6.42 Å². The lowest BCUT2D eigenvalue weighted by Gasteiger charge is -2.34. The van der Waals surface area contributed by atoms with E-state index in [1.807, 2.05) is 44.2 Å². The van der Waals surface area contributed by atoms with Crippen LogP contribution in [-0.4, -0.2) is 71.3 Å². The van der Waals surface area contributed by atoms with Crippen molar-refractivity contribution >= 4 is 23.6 Å². The van der Waals surface area contributed by atoms with Crippen LogP contribution in [-0.2, 0) is 19.2 Å². The quantitative estimate of drug-likeness (QED) is 0.555. The molecule has 9 nitrogen and oxygen atoms in total. The summed E-state index contributed by atoms with van der Waals surface area (Å²) in [5.74, 6) is -4.05. The number of carbonyl (C=O) groups excluding carboxylic acids is 4. The molecule has 1 aromatic carbocycles. The third-order valence-corrected chi connectivity index (χ3v) is 7.22. The van der Waals surface area contributed by atoms with Gasteiger partial charge >= 0.3 is 12.1 Å². The fourth-order valence-corrected chi connectivity index (χ4v) is 5.23. The Bertz CT molecular complexity index is 1120. The lowest BCUT2D eigenvalue weighted by Crippen LogP contribution is -2.56. The number of benzene rings is 1. The summed E-state index contributed by atoms with van der Waals surface area (Å²) >= 11 is 0. The largest absolute Gasteiger partial charge is 0.471 e. The predicted octanol–water partition coefficient (Wildman–Crippen LogP) is 2.30. The molecule has 0 bridgehead atoms. The SMILES string of the molecule is CC(C)C[C@@H](C(=O)N1C[C@]2(CC(c3ccccc3)NC2=O)C[C@H]1C#N)N(C)C(=O)[C@H](C)NC(=O)C(F)(F)F. The highest BCUT2D eigenvalue weighted by molar-refractivity contribution is 5.94. The number of hydrogen-bond donors (Lipinski definition) is 2. The summed E-state index contributed by atoms with van der Waals surface area (Å²) in [4.78, 5) is 53.5. The van der Waals surface area contributed by atoms with Crippen molar-refractivity contribution in [2.45, 2.75) is 70.4 Å². The van der Waals surface area contributed by atoms with Gasteiger partial charge in [0.15, 0.2) is 0 Å². The Morgan fingerprint density at radius 1 is 1.21 bits per heavy atom. The van der Waals surface area contributed by atoms with Gasteiger partial charge in [0.2, 0.25) is 17.7 Å². The molecule has 2 aliphatic heterocycles. The number of alkyl halides is 3. The molecule has 3 rings (SSSR count). The van der Waals surface area contributed by atoms with E-state index in [1.165, 1.54) is 11.9 Å². The van der Waals surface area contributed by atoms with Gasteiger partial charge in [-0.15, -0.1) is 0 Å². The first kappa shape index (κ1) is 28.9. The number of rotatable bonds is 7. The molecule has 2 saturated heterocycles. The second-order valence-electron chi connectivity index (χ2n) is 10.5. The number of nitriles is 1. The van der Waals surface area contributed by atoms with Crippen molar-refractivity contribution in [3.8, 4) is 6.07 Å². The molecule has 1 aromatic rings. The number of amides is 4. The monoisotopic (exact) mass is 535 g/mol. The number of likely N-dealkylation sites (tertiary alicyclic amines) is 1. The van der Waals surface area contributed by atoms with E-state index in [1.54, 1.807) is 5.32 Å². The van der Waals surface area contributed by atoms with Gasteiger partial charge in [0.25, 0.3) is 0 Å². The maximum absolute atomic E-state index is 13.8. The summed E-state index contributed by atoms with van der Waals surface area (Å²) in [7, 11) is 1.28. The number of hydrogen-bond acceptors (Lipinski definition) is 5. The smallest absolute Gasteiger partial charge is 0.349 e. The van der Waals surface area contributed by atoms with E-state index in [-0.39, 0.29) is 37.3 Å². The molecule has 1 unspecified atom stereocenters. The molecule has 2 fully saturated rings. The second-order valence-corrected chi connectivity index (χ2v) is 10.5. The van der Waals surface area contributed by atoms with Crippen molar-refractivity contribution < 1.29 is 32.3 Å². The van der Waals surface area contributed by atoms with Crippen LogP contribution in [0.15, 0.2) is 30.3 Å². The van der Waals surface area contributed by atoms with Crippen molar-refractivity contribution in [2.24, 2.45) is 11.3 Å². The topological polar surface area (TPSA) is 123 Å². The van der Waals surface area contributed by atoms with Crippen LogP contribution >= 0.6 is 0 Å². The van der Waals surface area contributed by atoms with E-state index < -0.39 is 47.4 Å². The molecule has 0 aliphatic carbocycles. The van der Waals surface area contributed by atoms with Crippen LogP contribution < -0.4 is 10.6 Å². The molecule has 4 amide bonds. The van der Waals surface area contributed by atoms with Crippen LogP contribution in [0.3, 0.4) is 0 Å². The van der Waals surface area contributed by atoms with Gasteiger partial charge in [0.1, 0.15) is 18.1 Å². The van der Waals surface area contributed by atoms with Crippen molar-refractivity contribution in [1.82, 2.24) is 20.4 Å². The normalized spacial score (nSPS) is 24.6. The Labute approximate surface area is 219 Å². The summed E-state index contributed by atoms with van der Waals surface area (Å²) in [6.45, 7) is 4.72. The van der Waals surface area contributed by atoms with E-state index in [4.69, 9.17) is 0 Å². The number of carbonyl (C=O) groups is 4. The Kier molecular flexibility index (Phi) is 8.39. The van der Waals surface area contributed by atoms with Crippen molar-refractivity contribution in [2.75, 3.05) is 13.6 Å². The lowest BCUT2D eigenvalue weighted by atomic mass is 9.81. The summed E-state index contributed by atoms with van der Waals surface area (Å²) in [5.41, 5.74) is -0.0657. The molecule has 2 heterocycles. The van der Waals surface area contributed by atoms with Gasteiger partial charge in [0, 0.05) is 13.6 Å². The van der Waals surface area contributed by atoms with Gasteiger partial charge < -0.3 is 20.4 Å². The first-order chi connectivity index (χ1) is 17.7. The molecule has 12 heteroatoms. The van der Waals surface area contributed by atoms with E-state index >= 15 is 0 Å². The van der Waals surface area contributed by atoms with Crippen molar-refractivity contribution in [1.29, 1.82) is 5.26 Å². The van der Waals surface area contributed by atoms with Crippen LogP contribution in [0.25, 0.3) is 0 Å². The summed E-state index contributed by atoms with van der Waals surface area (Å²) in [5, 5.41) is 14.5. The molecule has 0 saturated carbocycles. The number of halogens is 3. The standard InChI is InChI=1S/C26H32F3N5O4/c1-15(2)10-20(33(4)21(35)16(3)31-24(38)26(27,28)29)22(36)34-14-25(11-18(34)13-30)12-19(32-23(25)37)17-8-6-5-7-9-17/h5-9,15-16,18-20H,10-12,14H2,1-4H3,(H,31,38)(H,32,37)/t16-,18-,19?,20-,25+/m0/s1. The fraction of sp³-hybridized carbons (Fsp3) is 0.577.